The molecule has 3 rings (SSSR count). The van der Waals surface area contributed by atoms with Gasteiger partial charge in [-0.1, -0.05) is 90.3 Å². The van der Waals surface area contributed by atoms with Crippen molar-refractivity contribution in [3.8, 4) is 0 Å². The highest BCUT2D eigenvalue weighted by molar-refractivity contribution is 7.99. The van der Waals surface area contributed by atoms with E-state index in [1.165, 1.54) is 11.8 Å². The van der Waals surface area contributed by atoms with E-state index in [-0.39, 0.29) is 30.2 Å². The number of nitrogens with one attached hydrogen (secondary N) is 1. The molecule has 8 heteroatoms. The van der Waals surface area contributed by atoms with Crippen LogP contribution >= 0.6 is 46.6 Å². The van der Waals surface area contributed by atoms with Crippen LogP contribution in [0.5, 0.6) is 0 Å². The Morgan fingerprint density at radius 2 is 1.62 bits per heavy atom. The highest BCUT2D eigenvalue weighted by atomic mass is 35.5. The summed E-state index contributed by atoms with van der Waals surface area (Å²) >= 11 is 20.0. The Hall–Kier alpha value is -2.18. The normalized spacial score (nSPS) is 12.6. The van der Waals surface area contributed by atoms with Crippen molar-refractivity contribution in [1.82, 2.24) is 10.2 Å². The van der Waals surface area contributed by atoms with E-state index in [0.29, 0.717) is 27.2 Å². The Labute approximate surface area is 238 Å². The fourth-order valence-electron chi connectivity index (χ4n) is 3.80. The zero-order valence-corrected chi connectivity index (χ0v) is 24.0. The van der Waals surface area contributed by atoms with E-state index >= 15 is 0 Å². The number of hydrogen-bond acceptors (Lipinski definition) is 3. The number of hydrogen-bond donors (Lipinski definition) is 1. The monoisotopic (exact) mass is 576 g/mol. The van der Waals surface area contributed by atoms with Crippen LogP contribution in [-0.2, 0) is 28.3 Å². The van der Waals surface area contributed by atoms with E-state index in [4.69, 9.17) is 34.8 Å². The van der Waals surface area contributed by atoms with E-state index in [1.807, 2.05) is 74.5 Å². The second-order valence-electron chi connectivity index (χ2n) is 8.92. The Kier molecular flexibility index (Phi) is 11.7. The summed E-state index contributed by atoms with van der Waals surface area (Å²) < 4.78 is 0. The van der Waals surface area contributed by atoms with Gasteiger partial charge in [0.25, 0.3) is 0 Å². The first kappa shape index (κ1) is 29.4. The van der Waals surface area contributed by atoms with Crippen LogP contribution in [0, 0.1) is 0 Å². The van der Waals surface area contributed by atoms with Crippen molar-refractivity contribution in [2.45, 2.75) is 51.1 Å². The Balaban J connectivity index is 1.88. The SMILES string of the molecule is CC[C@H](C)NC(=O)[C@@H](Cc1ccccc1)N(Cc1ccc(Cl)c(Cl)c1)C(=O)CSCc1cccc(Cl)c1. The van der Waals surface area contributed by atoms with Gasteiger partial charge in [-0.2, -0.15) is 0 Å². The molecule has 2 atom stereocenters. The van der Waals surface area contributed by atoms with Crippen LogP contribution in [0.3, 0.4) is 0 Å². The van der Waals surface area contributed by atoms with E-state index in [0.717, 1.165) is 23.1 Å². The molecule has 3 aromatic rings. The lowest BCUT2D eigenvalue weighted by atomic mass is 10.0. The number of rotatable bonds is 12. The summed E-state index contributed by atoms with van der Waals surface area (Å²) in [6, 6.07) is 21.9. The molecule has 4 nitrogen and oxygen atoms in total. The third-order valence-electron chi connectivity index (χ3n) is 5.99. The maximum Gasteiger partial charge on any atom is 0.243 e. The van der Waals surface area contributed by atoms with E-state index in [2.05, 4.69) is 5.32 Å². The second kappa shape index (κ2) is 14.7. The fraction of sp³-hybridized carbons (Fsp3) is 0.310. The van der Waals surface area contributed by atoms with Crippen molar-refractivity contribution < 1.29 is 9.59 Å². The number of amides is 2. The smallest absolute Gasteiger partial charge is 0.243 e. The summed E-state index contributed by atoms with van der Waals surface area (Å²) in [5.41, 5.74) is 2.82. The van der Waals surface area contributed by atoms with Crippen LogP contribution < -0.4 is 5.32 Å². The lowest BCUT2D eigenvalue weighted by Gasteiger charge is -2.32. The molecule has 0 aromatic heterocycles. The van der Waals surface area contributed by atoms with Gasteiger partial charge in [0.1, 0.15) is 6.04 Å². The first-order valence-electron chi connectivity index (χ1n) is 12.2. The van der Waals surface area contributed by atoms with Crippen LogP contribution in [0.1, 0.15) is 37.0 Å². The number of carbonyl (C=O) groups excluding carboxylic acids is 2. The molecule has 0 unspecified atom stereocenters. The number of thioether (sulfide) groups is 1. The van der Waals surface area contributed by atoms with Gasteiger partial charge in [-0.3, -0.25) is 9.59 Å². The van der Waals surface area contributed by atoms with Gasteiger partial charge in [-0.05, 0) is 54.3 Å². The lowest BCUT2D eigenvalue weighted by Crippen LogP contribution is -2.52. The zero-order valence-electron chi connectivity index (χ0n) is 20.9. The van der Waals surface area contributed by atoms with Crippen molar-refractivity contribution >= 4 is 58.4 Å². The molecule has 0 heterocycles. The van der Waals surface area contributed by atoms with Gasteiger partial charge in [0.2, 0.25) is 11.8 Å². The molecule has 1 N–H and O–H groups in total. The summed E-state index contributed by atoms with van der Waals surface area (Å²) in [5, 5.41) is 4.59. The largest absolute Gasteiger partial charge is 0.352 e. The summed E-state index contributed by atoms with van der Waals surface area (Å²) in [6.07, 6.45) is 1.19. The molecule has 0 saturated heterocycles. The summed E-state index contributed by atoms with van der Waals surface area (Å²) in [4.78, 5) is 28.9. The fourth-order valence-corrected chi connectivity index (χ4v) is 5.19. The minimum absolute atomic E-state index is 0.00935. The number of nitrogens with zero attached hydrogens (tertiary/aromatic N) is 1. The highest BCUT2D eigenvalue weighted by Crippen LogP contribution is 2.25. The first-order valence-corrected chi connectivity index (χ1v) is 14.5. The Morgan fingerprint density at radius 3 is 2.30 bits per heavy atom. The molecular formula is C29H31Cl3N2O2S. The summed E-state index contributed by atoms with van der Waals surface area (Å²) in [6.45, 7) is 4.21. The standard InChI is InChI=1S/C29H31Cl3N2O2S/c1-3-20(2)33-29(36)27(16-21-8-5-4-6-9-21)34(17-22-12-13-25(31)26(32)15-22)28(35)19-37-18-23-10-7-11-24(30)14-23/h4-15,20,27H,3,16-19H2,1-2H3,(H,33,36)/t20-,27+/m0/s1. The predicted octanol–water partition coefficient (Wildman–Crippen LogP) is 7.43. The van der Waals surface area contributed by atoms with Crippen LogP contribution in [0.4, 0.5) is 0 Å². The third-order valence-corrected chi connectivity index (χ3v) is 7.96. The molecule has 0 saturated carbocycles. The molecule has 0 aliphatic rings. The van der Waals surface area contributed by atoms with Crippen LogP contribution in [0.25, 0.3) is 0 Å². The Morgan fingerprint density at radius 1 is 0.892 bits per heavy atom. The minimum Gasteiger partial charge on any atom is -0.352 e. The predicted molar refractivity (Wildman–Crippen MR) is 156 cm³/mol. The number of halogens is 3. The minimum atomic E-state index is -0.690. The van der Waals surface area contributed by atoms with Crippen molar-refractivity contribution in [3.63, 3.8) is 0 Å². The maximum absolute atomic E-state index is 13.7. The van der Waals surface area contributed by atoms with Gasteiger partial charge < -0.3 is 10.2 Å². The quantitative estimate of drug-likeness (QED) is 0.243. The van der Waals surface area contributed by atoms with Crippen molar-refractivity contribution in [1.29, 1.82) is 0 Å². The number of benzene rings is 3. The average Bonchev–Trinajstić information content (AvgIpc) is 2.88. The molecule has 0 fully saturated rings. The third kappa shape index (κ3) is 9.26. The van der Waals surface area contributed by atoms with Crippen LogP contribution in [-0.4, -0.2) is 34.6 Å². The van der Waals surface area contributed by atoms with E-state index < -0.39 is 6.04 Å². The van der Waals surface area contributed by atoms with E-state index in [9.17, 15) is 9.59 Å². The molecule has 0 spiro atoms. The number of carbonyl (C=O) groups is 2. The molecule has 2 amide bonds. The second-order valence-corrected chi connectivity index (χ2v) is 11.2. The topological polar surface area (TPSA) is 49.4 Å². The van der Waals surface area contributed by atoms with Crippen LogP contribution in [0.2, 0.25) is 15.1 Å². The van der Waals surface area contributed by atoms with Gasteiger partial charge in [-0.15, -0.1) is 11.8 Å². The van der Waals surface area contributed by atoms with Gasteiger partial charge in [-0.25, -0.2) is 0 Å². The van der Waals surface area contributed by atoms with Crippen LogP contribution in [0.15, 0.2) is 72.8 Å². The van der Waals surface area contributed by atoms with Gasteiger partial charge in [0, 0.05) is 29.8 Å². The summed E-state index contributed by atoms with van der Waals surface area (Å²) in [5.74, 6) is 0.551. The average molecular weight is 578 g/mol. The van der Waals surface area contributed by atoms with Crippen molar-refractivity contribution in [3.05, 3.63) is 105 Å². The molecular weight excluding hydrogens is 547 g/mol. The van der Waals surface area contributed by atoms with E-state index in [1.54, 1.807) is 17.0 Å². The molecule has 0 aliphatic carbocycles. The maximum atomic E-state index is 13.7. The zero-order chi connectivity index (χ0) is 26.8. The first-order chi connectivity index (χ1) is 17.8. The molecule has 3 aromatic carbocycles. The molecule has 37 heavy (non-hydrogen) atoms. The van der Waals surface area contributed by atoms with Gasteiger partial charge in [0.05, 0.1) is 15.8 Å². The molecule has 0 aliphatic heterocycles. The van der Waals surface area contributed by atoms with Gasteiger partial charge >= 0.3 is 0 Å². The van der Waals surface area contributed by atoms with Gasteiger partial charge in [0.15, 0.2) is 0 Å². The lowest BCUT2D eigenvalue weighted by molar-refractivity contribution is -0.139. The molecule has 0 bridgehead atoms. The Bertz CT molecular complexity index is 1190. The molecule has 196 valence electrons. The van der Waals surface area contributed by atoms with Crippen molar-refractivity contribution in [2.75, 3.05) is 5.75 Å². The summed E-state index contributed by atoms with van der Waals surface area (Å²) in [7, 11) is 0. The highest BCUT2D eigenvalue weighted by Gasteiger charge is 2.31. The molecule has 0 radical (unpaired) electrons. The van der Waals surface area contributed by atoms with Crippen molar-refractivity contribution in [2.24, 2.45) is 0 Å².